The zero-order valence-electron chi connectivity index (χ0n) is 40.0. The molecule has 63 heavy (non-hydrogen) atoms. The van der Waals surface area contributed by atoms with Gasteiger partial charge in [-0.2, -0.15) is 0 Å². The molecule has 0 aliphatic rings. The van der Waals surface area contributed by atoms with E-state index in [1.165, 1.54) is 190 Å². The van der Waals surface area contributed by atoms with E-state index in [0.717, 1.165) is 47.5 Å². The first-order valence-electron chi connectivity index (χ1n) is 25.4. The molecule has 0 fully saturated rings. The highest BCUT2D eigenvalue weighted by Gasteiger charge is 2.08. The fraction of sp³-hybridized carbons (Fsp3) is 0.593. The lowest BCUT2D eigenvalue weighted by Gasteiger charge is -2.12. The van der Waals surface area contributed by atoms with Crippen LogP contribution in [0.5, 0.6) is 23.0 Å². The molecular weight excluding hydrogens is 773 g/mol. The molecule has 0 radical (unpaired) electrons. The Bertz CT molecular complexity index is 1670. The third kappa shape index (κ3) is 24.7. The van der Waals surface area contributed by atoms with Crippen LogP contribution in [-0.4, -0.2) is 24.4 Å². The number of methoxy groups -OCH3 is 2. The number of phenols is 2. The molecule has 4 aromatic carbocycles. The first kappa shape index (κ1) is 55.2. The molecule has 4 heteroatoms. The molecule has 0 atom stereocenters. The summed E-state index contributed by atoms with van der Waals surface area (Å²) in [5.74, 6) is 2.58. The fourth-order valence-electron chi connectivity index (χ4n) is 8.58. The Kier molecular flexibility index (Phi) is 31.9. The van der Waals surface area contributed by atoms with Gasteiger partial charge >= 0.3 is 0 Å². The molecule has 0 aliphatic carbocycles. The number of hydrogen-bond donors (Lipinski definition) is 2. The van der Waals surface area contributed by atoms with E-state index in [2.05, 4.69) is 50.2 Å². The van der Waals surface area contributed by atoms with Gasteiger partial charge in [-0.15, -0.1) is 0 Å². The molecule has 0 spiro atoms. The predicted molar refractivity (Wildman–Crippen MR) is 277 cm³/mol. The highest BCUT2D eigenvalue weighted by atomic mass is 16.5. The molecule has 0 saturated carbocycles. The van der Waals surface area contributed by atoms with Gasteiger partial charge in [-0.05, 0) is 108 Å². The lowest BCUT2D eigenvalue weighted by Crippen LogP contribution is -1.94. The minimum absolute atomic E-state index is 0. The lowest BCUT2D eigenvalue weighted by atomic mass is 9.98. The molecule has 4 nitrogen and oxygen atoms in total. The van der Waals surface area contributed by atoms with Gasteiger partial charge in [0.2, 0.25) is 0 Å². The summed E-state index contributed by atoms with van der Waals surface area (Å²) >= 11 is 0. The number of hydrogen-bond acceptors (Lipinski definition) is 4. The van der Waals surface area contributed by atoms with Gasteiger partial charge in [0.05, 0.1) is 14.2 Å². The van der Waals surface area contributed by atoms with Crippen molar-refractivity contribution in [3.8, 4) is 45.3 Å². The number of unbranched alkanes of at least 4 members (excludes halogenated alkanes) is 26. The van der Waals surface area contributed by atoms with E-state index < -0.39 is 0 Å². The minimum atomic E-state index is 0. The van der Waals surface area contributed by atoms with Gasteiger partial charge in [-0.25, -0.2) is 0 Å². The zero-order valence-corrected chi connectivity index (χ0v) is 40.0. The van der Waals surface area contributed by atoms with Gasteiger partial charge in [-0.3, -0.25) is 0 Å². The van der Waals surface area contributed by atoms with Crippen LogP contribution in [0.3, 0.4) is 0 Å². The Balaban J connectivity index is 0.000000622. The molecule has 354 valence electrons. The molecule has 0 aliphatic heterocycles. The van der Waals surface area contributed by atoms with Crippen LogP contribution in [0.2, 0.25) is 0 Å². The minimum Gasteiger partial charge on any atom is -0.508 e. The third-order valence-electron chi connectivity index (χ3n) is 12.6. The second-order valence-electron chi connectivity index (χ2n) is 17.8. The quantitative estimate of drug-likeness (QED) is 0.0459. The molecule has 0 bridgehead atoms. The summed E-state index contributed by atoms with van der Waals surface area (Å²) in [6.45, 7) is 4.57. The van der Waals surface area contributed by atoms with E-state index >= 15 is 0 Å². The van der Waals surface area contributed by atoms with Crippen molar-refractivity contribution in [2.24, 2.45) is 0 Å². The largest absolute Gasteiger partial charge is 0.508 e. The standard InChI is InChI=1S/C30H46O2.C28H42O2.CH4.H2/c1-4-5-6-7-8-9-10-11-12-13-14-15-16-17-18-28-25-27(21-24-30(28)32-3)26-19-22-29(31-2)23-20-26;1-2-3-4-5-6-7-8-9-10-11-12-13-14-15-16-26-23-25(19-22-28(26)30)24-17-20-27(29)21-18-24;;/h19-25H,4-18H2,1-3H3;17-23,29-30H,2-16H2,1H3;1H4;1H/i;;;1+1. The van der Waals surface area contributed by atoms with Crippen molar-refractivity contribution in [2.75, 3.05) is 14.2 Å². The van der Waals surface area contributed by atoms with Crippen molar-refractivity contribution in [3.63, 3.8) is 0 Å². The van der Waals surface area contributed by atoms with Gasteiger partial charge < -0.3 is 19.7 Å². The Labute approximate surface area is 389 Å². The van der Waals surface area contributed by atoms with Gasteiger partial charge in [0.25, 0.3) is 0 Å². The van der Waals surface area contributed by atoms with Crippen molar-refractivity contribution in [1.82, 2.24) is 0 Å². The summed E-state index contributed by atoms with van der Waals surface area (Å²) in [5.41, 5.74) is 6.96. The van der Waals surface area contributed by atoms with E-state index in [9.17, 15) is 10.2 Å². The molecule has 0 unspecified atom stereocenters. The fourth-order valence-corrected chi connectivity index (χ4v) is 8.58. The predicted octanol–water partition coefficient (Wildman–Crippen LogP) is 19.1. The number of phenolic OH excluding ortho intramolecular Hbond substituents is 2. The molecule has 0 aromatic heterocycles. The molecular formula is C59H94O4. The molecule has 0 heterocycles. The maximum Gasteiger partial charge on any atom is 0.122 e. The average Bonchev–Trinajstić information content (AvgIpc) is 3.30. The van der Waals surface area contributed by atoms with Crippen molar-refractivity contribution < 1.29 is 21.1 Å². The summed E-state index contributed by atoms with van der Waals surface area (Å²) < 4.78 is 10.9. The van der Waals surface area contributed by atoms with Crippen molar-refractivity contribution >= 4 is 0 Å². The first-order valence-corrected chi connectivity index (χ1v) is 25.4. The number of aromatic hydroxyl groups is 2. The highest BCUT2D eigenvalue weighted by Crippen LogP contribution is 2.31. The van der Waals surface area contributed by atoms with Crippen molar-refractivity contribution in [3.05, 3.63) is 96.1 Å². The summed E-state index contributed by atoms with van der Waals surface area (Å²) in [5, 5.41) is 19.6. The summed E-state index contributed by atoms with van der Waals surface area (Å²) in [7, 11) is 3.48. The Morgan fingerprint density at radius 2 is 0.698 bits per heavy atom. The van der Waals surface area contributed by atoms with Crippen LogP contribution in [0.4, 0.5) is 0 Å². The zero-order chi connectivity index (χ0) is 44.3. The van der Waals surface area contributed by atoms with Gasteiger partial charge in [0.15, 0.2) is 0 Å². The van der Waals surface area contributed by atoms with E-state index in [1.54, 1.807) is 32.4 Å². The van der Waals surface area contributed by atoms with Crippen LogP contribution in [0.25, 0.3) is 22.3 Å². The first-order chi connectivity index (χ1) is 30.5. The van der Waals surface area contributed by atoms with E-state index in [-0.39, 0.29) is 14.6 Å². The molecule has 2 N–H and O–H groups in total. The van der Waals surface area contributed by atoms with E-state index in [0.29, 0.717) is 5.75 Å². The summed E-state index contributed by atoms with van der Waals surface area (Å²) in [6, 6.07) is 27.9. The van der Waals surface area contributed by atoms with Crippen LogP contribution >= 0.6 is 0 Å². The van der Waals surface area contributed by atoms with Gasteiger partial charge in [-0.1, -0.05) is 225 Å². The smallest absolute Gasteiger partial charge is 0.122 e. The van der Waals surface area contributed by atoms with Crippen molar-refractivity contribution in [2.45, 2.75) is 214 Å². The maximum absolute atomic E-state index is 10.2. The van der Waals surface area contributed by atoms with Crippen LogP contribution in [0.1, 0.15) is 214 Å². The second-order valence-corrected chi connectivity index (χ2v) is 17.8. The molecule has 0 saturated heterocycles. The normalized spacial score (nSPS) is 10.9. The van der Waals surface area contributed by atoms with Crippen LogP contribution in [0.15, 0.2) is 84.9 Å². The van der Waals surface area contributed by atoms with Gasteiger partial charge in [0.1, 0.15) is 23.0 Å². The monoisotopic (exact) mass is 868 g/mol. The Morgan fingerprint density at radius 3 is 1.10 bits per heavy atom. The van der Waals surface area contributed by atoms with E-state index in [1.807, 2.05) is 30.3 Å². The number of ether oxygens (including phenoxy) is 2. The highest BCUT2D eigenvalue weighted by molar-refractivity contribution is 5.67. The number of rotatable bonds is 34. The summed E-state index contributed by atoms with van der Waals surface area (Å²) in [4.78, 5) is 0. The molecule has 0 amide bonds. The average molecular weight is 868 g/mol. The van der Waals surface area contributed by atoms with Crippen LogP contribution < -0.4 is 9.47 Å². The van der Waals surface area contributed by atoms with Crippen LogP contribution in [-0.2, 0) is 12.8 Å². The third-order valence-corrected chi connectivity index (χ3v) is 12.6. The maximum atomic E-state index is 10.2. The topological polar surface area (TPSA) is 58.9 Å². The Morgan fingerprint density at radius 1 is 0.365 bits per heavy atom. The second kappa shape index (κ2) is 36.4. The SMILES string of the molecule is C.CCCCCCCCCCCCCCCCc1cc(-c2ccc(O)cc2)ccc1O.CCCCCCCCCCCCCCCCc1cc(-c2ccc(OC)cc2)ccc1OC.[2HH]. The lowest BCUT2D eigenvalue weighted by molar-refractivity contribution is 0.408. The number of benzene rings is 4. The van der Waals surface area contributed by atoms with Crippen LogP contribution in [0, 0.1) is 0 Å². The van der Waals surface area contributed by atoms with Gasteiger partial charge in [0, 0.05) is 1.43 Å². The Hall–Kier alpha value is -3.92. The summed E-state index contributed by atoms with van der Waals surface area (Å²) in [6.07, 6.45) is 40.6. The van der Waals surface area contributed by atoms with Crippen molar-refractivity contribution in [1.29, 1.82) is 0 Å². The number of aryl methyl sites for hydroxylation is 2. The molecule has 4 aromatic rings. The molecule has 4 rings (SSSR count). The van der Waals surface area contributed by atoms with E-state index in [4.69, 9.17) is 9.47 Å².